The van der Waals surface area contributed by atoms with E-state index >= 15 is 0 Å². The van der Waals surface area contributed by atoms with Gasteiger partial charge in [-0.15, -0.1) is 6.07 Å². The van der Waals surface area contributed by atoms with Gasteiger partial charge in [-0.25, -0.2) is 17.6 Å². The smallest absolute Gasteiger partial charge is 0.526 e. The molecule has 0 saturated carbocycles. The quantitative estimate of drug-likeness (QED) is 0.221. The molecule has 180 valence electrons. The molecule has 0 N–H and O–H groups in total. The summed E-state index contributed by atoms with van der Waals surface area (Å²) in [5.74, 6) is 0.426. The Morgan fingerprint density at radius 1 is 1.39 bits per heavy atom. The van der Waals surface area contributed by atoms with Gasteiger partial charge in [0.1, 0.15) is 5.82 Å². The van der Waals surface area contributed by atoms with Crippen LogP contribution in [0.5, 0.6) is 0 Å². The minimum Gasteiger partial charge on any atom is -0.526 e. The second-order valence-electron chi connectivity index (χ2n) is 7.63. The first-order valence-electron chi connectivity index (χ1n) is 10.4. The fraction of sp³-hybridized carbons (Fsp3) is 0.591. The summed E-state index contributed by atoms with van der Waals surface area (Å²) in [4.78, 5) is 20.0. The number of carbonyl (C=O) groups excluding carboxylic acids is 1. The topological polar surface area (TPSA) is 88.9 Å². The number of aliphatic imine (C=N–C) groups is 1. The molecule has 0 unspecified atom stereocenters. The van der Waals surface area contributed by atoms with Gasteiger partial charge in [-0.1, -0.05) is 58.2 Å². The van der Waals surface area contributed by atoms with Crippen LogP contribution in [0.3, 0.4) is 0 Å². The number of hydrogen-bond donors (Lipinski definition) is 0. The Hall–Kier alpha value is -0.364. The van der Waals surface area contributed by atoms with Gasteiger partial charge in [0.2, 0.25) is 0 Å². The summed E-state index contributed by atoms with van der Waals surface area (Å²) in [7, 11) is -1.72. The van der Waals surface area contributed by atoms with Crippen LogP contribution in [0.25, 0.3) is 0 Å². The molecule has 33 heavy (non-hydrogen) atoms. The number of likely N-dealkylation sites (tertiary alicyclic amines) is 1. The van der Waals surface area contributed by atoms with Crippen molar-refractivity contribution < 1.29 is 73.7 Å². The zero-order valence-corrected chi connectivity index (χ0v) is 24.8. The number of halogens is 2. The third-order valence-electron chi connectivity index (χ3n) is 5.12. The second-order valence-corrected chi connectivity index (χ2v) is 10.3. The SMILES string of the molecule is CCC[C@@H]([C-]=C(Cl)N=[C-]c1ccc(F)cn1)[C@@H](C)CC.COC(=O)N1CC(S(C)(=O)=O)C1.[K+]. The monoisotopic (exact) mass is 526 g/mol. The van der Waals surface area contributed by atoms with Crippen LogP contribution in [0.4, 0.5) is 9.18 Å². The van der Waals surface area contributed by atoms with Crippen molar-refractivity contribution in [2.75, 3.05) is 26.5 Å². The van der Waals surface area contributed by atoms with Crippen LogP contribution in [0, 0.1) is 23.7 Å². The van der Waals surface area contributed by atoms with E-state index in [0.717, 1.165) is 25.5 Å². The third-order valence-corrected chi connectivity index (χ3v) is 6.82. The molecule has 1 aliphatic heterocycles. The average molecular weight is 527 g/mol. The van der Waals surface area contributed by atoms with E-state index in [1.165, 1.54) is 30.4 Å². The van der Waals surface area contributed by atoms with Gasteiger partial charge in [0.15, 0.2) is 9.84 Å². The van der Waals surface area contributed by atoms with Crippen molar-refractivity contribution >= 4 is 33.7 Å². The molecular formula is C22H31ClFKN3O4S-. The van der Waals surface area contributed by atoms with Crippen LogP contribution < -0.4 is 51.4 Å². The van der Waals surface area contributed by atoms with Crippen molar-refractivity contribution in [1.82, 2.24) is 9.88 Å². The fourth-order valence-corrected chi connectivity index (χ4v) is 3.90. The van der Waals surface area contributed by atoms with E-state index in [4.69, 9.17) is 11.6 Å². The van der Waals surface area contributed by atoms with Gasteiger partial charge in [0.25, 0.3) is 0 Å². The third kappa shape index (κ3) is 12.2. The van der Waals surface area contributed by atoms with Crippen LogP contribution in [0.2, 0.25) is 0 Å². The average Bonchev–Trinajstić information content (AvgIpc) is 2.70. The van der Waals surface area contributed by atoms with Crippen molar-refractivity contribution in [3.8, 4) is 0 Å². The van der Waals surface area contributed by atoms with E-state index in [1.54, 1.807) is 0 Å². The molecule has 2 atom stereocenters. The van der Waals surface area contributed by atoms with Gasteiger partial charge in [-0.05, 0) is 5.69 Å². The first-order valence-corrected chi connectivity index (χ1v) is 12.7. The number of nitrogens with zero attached hydrogens (tertiary/aromatic N) is 3. The molecule has 1 aliphatic rings. The van der Waals surface area contributed by atoms with Crippen molar-refractivity contribution in [2.24, 2.45) is 16.8 Å². The molecule has 1 aromatic rings. The predicted octanol–water partition coefficient (Wildman–Crippen LogP) is 1.35. The number of ether oxygens (including phenoxy) is 1. The fourth-order valence-electron chi connectivity index (χ4n) is 2.82. The van der Waals surface area contributed by atoms with E-state index in [2.05, 4.69) is 47.8 Å². The van der Waals surface area contributed by atoms with Crippen molar-refractivity contribution in [3.63, 3.8) is 0 Å². The molecule has 0 aromatic carbocycles. The van der Waals surface area contributed by atoms with Crippen LogP contribution in [-0.4, -0.2) is 62.3 Å². The van der Waals surface area contributed by atoms with E-state index in [9.17, 15) is 17.6 Å². The minimum absolute atomic E-state index is 0. The molecule has 7 nitrogen and oxygen atoms in total. The predicted molar refractivity (Wildman–Crippen MR) is 124 cm³/mol. The summed E-state index contributed by atoms with van der Waals surface area (Å²) >= 11 is 6.07. The molecule has 1 fully saturated rings. The maximum Gasteiger partial charge on any atom is 1.00 e. The molecule has 1 amide bonds. The maximum absolute atomic E-state index is 12.7. The van der Waals surface area contributed by atoms with E-state index in [-0.39, 0.29) is 75.4 Å². The van der Waals surface area contributed by atoms with Crippen LogP contribution in [0.1, 0.15) is 45.7 Å². The number of allylic oxidation sites excluding steroid dienone is 1. The minimum atomic E-state index is -2.99. The van der Waals surface area contributed by atoms with Crippen molar-refractivity contribution in [2.45, 2.75) is 45.3 Å². The molecule has 0 aliphatic carbocycles. The van der Waals surface area contributed by atoms with Gasteiger partial charge < -0.3 is 20.7 Å². The molecule has 2 rings (SSSR count). The Morgan fingerprint density at radius 2 is 2.03 bits per heavy atom. The second kappa shape index (κ2) is 16.3. The molecule has 0 bridgehead atoms. The van der Waals surface area contributed by atoms with Gasteiger partial charge in [0, 0.05) is 19.3 Å². The van der Waals surface area contributed by atoms with Gasteiger partial charge in [-0.2, -0.15) is 22.7 Å². The molecular weight excluding hydrogens is 496 g/mol. The molecule has 0 spiro atoms. The van der Waals surface area contributed by atoms with E-state index in [0.29, 0.717) is 17.5 Å². The number of pyridine rings is 1. The zero-order chi connectivity index (χ0) is 24.3. The number of aromatic nitrogens is 1. The summed E-state index contributed by atoms with van der Waals surface area (Å²) in [6, 6.07) is 2.81. The standard InChI is InChI=1S/C16H20ClFN2.C6H11NO4S.K/c1-4-6-13(12(3)5-2)9-16(17)20-11-15-8-7-14(18)10-19-15;1-11-6(8)7-3-5(4-7)12(2,9)10;/h7-8,10,12-13H,4-6H2,1-3H3;5H,3-4H2,1-2H3;/q-2;;+1/t12-,13-;;/m0../s1. The first kappa shape index (κ1) is 32.6. The Balaban J connectivity index is 0.000000675. The number of carbonyl (C=O) groups is 1. The first-order chi connectivity index (χ1) is 15.0. The number of hydrogen-bond acceptors (Lipinski definition) is 6. The van der Waals surface area contributed by atoms with Crippen LogP contribution in [-0.2, 0) is 14.6 Å². The van der Waals surface area contributed by atoms with Gasteiger partial charge in [0.05, 0.1) is 18.6 Å². The van der Waals surface area contributed by atoms with Gasteiger partial charge >= 0.3 is 57.5 Å². The Kier molecular flexibility index (Phi) is 16.2. The number of methoxy groups -OCH3 is 1. The summed E-state index contributed by atoms with van der Waals surface area (Å²) in [5.41, 5.74) is 0.446. The summed E-state index contributed by atoms with van der Waals surface area (Å²) in [6.45, 7) is 6.99. The van der Waals surface area contributed by atoms with Crippen molar-refractivity contribution in [1.29, 1.82) is 0 Å². The Labute approximate surface area is 244 Å². The van der Waals surface area contributed by atoms with Crippen LogP contribution >= 0.6 is 11.6 Å². The van der Waals surface area contributed by atoms with Crippen molar-refractivity contribution in [3.05, 3.63) is 41.1 Å². The summed E-state index contributed by atoms with van der Waals surface area (Å²) in [6.07, 6.45) is 10.9. The summed E-state index contributed by atoms with van der Waals surface area (Å²) in [5, 5.41) is -0.119. The molecule has 1 aromatic heterocycles. The molecule has 2 heterocycles. The summed E-state index contributed by atoms with van der Waals surface area (Å²) < 4.78 is 38.9. The Bertz CT molecular complexity index is 891. The molecule has 11 heteroatoms. The Morgan fingerprint density at radius 3 is 2.48 bits per heavy atom. The molecule has 0 radical (unpaired) electrons. The number of sulfone groups is 1. The number of amides is 1. The van der Waals surface area contributed by atoms with E-state index < -0.39 is 21.2 Å². The maximum atomic E-state index is 12.7. The largest absolute Gasteiger partial charge is 1.00 e. The van der Waals surface area contributed by atoms with Gasteiger partial charge in [-0.3, -0.25) is 4.98 Å². The van der Waals surface area contributed by atoms with E-state index in [1.807, 2.05) is 0 Å². The number of rotatable bonds is 8. The van der Waals surface area contributed by atoms with Crippen LogP contribution in [0.15, 0.2) is 28.5 Å². The normalized spacial score (nSPS) is 16.2. The zero-order valence-electron chi connectivity index (χ0n) is 20.1. The molecule has 1 saturated heterocycles.